The lowest BCUT2D eigenvalue weighted by Gasteiger charge is -2.30. The summed E-state index contributed by atoms with van der Waals surface area (Å²) in [4.78, 5) is 26.1. The van der Waals surface area contributed by atoms with Crippen molar-refractivity contribution >= 4 is 29.9 Å². The van der Waals surface area contributed by atoms with E-state index in [0.717, 1.165) is 12.1 Å². The predicted molar refractivity (Wildman–Crippen MR) is 94.8 cm³/mol. The van der Waals surface area contributed by atoms with Gasteiger partial charge in [0.1, 0.15) is 6.04 Å². The summed E-state index contributed by atoms with van der Waals surface area (Å²) in [5.41, 5.74) is 4.88. The fourth-order valence-electron chi connectivity index (χ4n) is 3.03. The highest BCUT2D eigenvalue weighted by Crippen LogP contribution is 2.32. The molecule has 0 bridgehead atoms. The van der Waals surface area contributed by atoms with Crippen LogP contribution in [0.1, 0.15) is 37.8 Å². The van der Waals surface area contributed by atoms with E-state index in [1.165, 1.54) is 11.0 Å². The van der Waals surface area contributed by atoms with Crippen LogP contribution in [0.5, 0.6) is 0 Å². The second kappa shape index (κ2) is 8.73. The SMILES string of the molecule is CC(C)C(C(=O)Nc1cc(CN)cc(C(F)(F)F)c1)N1CCCC1=O.Cl. The second-order valence-corrected chi connectivity index (χ2v) is 6.49. The maximum atomic E-state index is 13.0. The number of hydrogen-bond donors (Lipinski definition) is 2. The summed E-state index contributed by atoms with van der Waals surface area (Å²) in [6.45, 7) is 4.00. The van der Waals surface area contributed by atoms with E-state index in [1.54, 1.807) is 13.8 Å². The summed E-state index contributed by atoms with van der Waals surface area (Å²) in [7, 11) is 0. The maximum Gasteiger partial charge on any atom is 0.416 e. The van der Waals surface area contributed by atoms with Gasteiger partial charge in [-0.2, -0.15) is 13.2 Å². The Morgan fingerprint density at radius 1 is 1.31 bits per heavy atom. The van der Waals surface area contributed by atoms with Gasteiger partial charge in [-0.3, -0.25) is 9.59 Å². The molecule has 2 rings (SSSR count). The third-order valence-electron chi connectivity index (χ3n) is 4.17. The second-order valence-electron chi connectivity index (χ2n) is 6.49. The Hall–Kier alpha value is -1.80. The number of benzene rings is 1. The molecule has 1 aromatic carbocycles. The Morgan fingerprint density at radius 3 is 2.42 bits per heavy atom. The standard InChI is InChI=1S/C17H22F3N3O2.ClH/c1-10(2)15(23-5-3-4-14(23)24)16(25)22-13-7-11(9-21)6-12(8-13)17(18,19)20;/h6-8,10,15H,3-5,9,21H2,1-2H3,(H,22,25);1H. The number of amides is 2. The van der Waals surface area contributed by atoms with Gasteiger partial charge in [0.15, 0.2) is 0 Å². The zero-order valence-corrected chi connectivity index (χ0v) is 15.4. The molecule has 1 aliphatic rings. The van der Waals surface area contributed by atoms with E-state index < -0.39 is 23.7 Å². The molecule has 1 fully saturated rings. The normalized spacial score (nSPS) is 15.8. The lowest BCUT2D eigenvalue weighted by molar-refractivity contribution is -0.137. The van der Waals surface area contributed by atoms with Crippen molar-refractivity contribution in [3.63, 3.8) is 0 Å². The van der Waals surface area contributed by atoms with Gasteiger partial charge in [0.25, 0.3) is 0 Å². The molecule has 1 heterocycles. The van der Waals surface area contributed by atoms with Crippen LogP contribution in [-0.2, 0) is 22.3 Å². The summed E-state index contributed by atoms with van der Waals surface area (Å²) in [6, 6.07) is 2.53. The first-order chi connectivity index (χ1) is 11.6. The third kappa shape index (κ3) is 5.11. The lowest BCUT2D eigenvalue weighted by atomic mass is 10.0. The van der Waals surface area contributed by atoms with Crippen LogP contribution in [0.4, 0.5) is 18.9 Å². The molecule has 1 aromatic rings. The van der Waals surface area contributed by atoms with Crippen molar-refractivity contribution in [2.24, 2.45) is 11.7 Å². The van der Waals surface area contributed by atoms with Crippen molar-refractivity contribution in [1.82, 2.24) is 4.90 Å². The molecule has 5 nitrogen and oxygen atoms in total. The molecule has 2 amide bonds. The summed E-state index contributed by atoms with van der Waals surface area (Å²) in [5.74, 6) is -0.769. The number of halogens is 4. The van der Waals surface area contributed by atoms with Crippen LogP contribution in [-0.4, -0.2) is 29.3 Å². The fourth-order valence-corrected chi connectivity index (χ4v) is 3.03. The van der Waals surface area contributed by atoms with Crippen molar-refractivity contribution < 1.29 is 22.8 Å². The molecule has 9 heteroatoms. The number of anilines is 1. The highest BCUT2D eigenvalue weighted by molar-refractivity contribution is 5.97. The van der Waals surface area contributed by atoms with Crippen LogP contribution in [0.2, 0.25) is 0 Å². The molecular formula is C17H23ClF3N3O2. The molecular weight excluding hydrogens is 371 g/mol. The summed E-state index contributed by atoms with van der Waals surface area (Å²) in [5, 5.41) is 2.52. The summed E-state index contributed by atoms with van der Waals surface area (Å²) >= 11 is 0. The van der Waals surface area contributed by atoms with Gasteiger partial charge in [-0.15, -0.1) is 12.4 Å². The molecule has 146 valence electrons. The quantitative estimate of drug-likeness (QED) is 0.806. The van der Waals surface area contributed by atoms with Gasteiger partial charge in [-0.25, -0.2) is 0 Å². The predicted octanol–water partition coefficient (Wildman–Crippen LogP) is 3.17. The number of alkyl halides is 3. The van der Waals surface area contributed by atoms with E-state index in [2.05, 4.69) is 5.32 Å². The number of likely N-dealkylation sites (tertiary alicyclic amines) is 1. The Morgan fingerprint density at radius 2 is 1.96 bits per heavy atom. The molecule has 26 heavy (non-hydrogen) atoms. The first-order valence-corrected chi connectivity index (χ1v) is 8.15. The van der Waals surface area contributed by atoms with Crippen molar-refractivity contribution in [2.75, 3.05) is 11.9 Å². The van der Waals surface area contributed by atoms with Crippen LogP contribution in [0, 0.1) is 5.92 Å². The van der Waals surface area contributed by atoms with Gasteiger partial charge >= 0.3 is 6.18 Å². The number of carbonyl (C=O) groups is 2. The molecule has 0 spiro atoms. The minimum absolute atomic E-state index is 0. The van der Waals surface area contributed by atoms with E-state index in [1.807, 2.05) is 0 Å². The van der Waals surface area contributed by atoms with Crippen LogP contribution < -0.4 is 11.1 Å². The van der Waals surface area contributed by atoms with Crippen molar-refractivity contribution in [2.45, 2.75) is 45.5 Å². The van der Waals surface area contributed by atoms with Crippen LogP contribution >= 0.6 is 12.4 Å². The Labute approximate surface area is 156 Å². The monoisotopic (exact) mass is 393 g/mol. The van der Waals surface area contributed by atoms with Gasteiger partial charge in [0.05, 0.1) is 5.56 Å². The fraction of sp³-hybridized carbons (Fsp3) is 0.529. The van der Waals surface area contributed by atoms with Crippen LogP contribution in [0.15, 0.2) is 18.2 Å². The Bertz CT molecular complexity index is 665. The topological polar surface area (TPSA) is 75.4 Å². The third-order valence-corrected chi connectivity index (χ3v) is 4.17. The first-order valence-electron chi connectivity index (χ1n) is 8.15. The zero-order chi connectivity index (χ0) is 18.8. The van der Waals surface area contributed by atoms with Gasteiger partial charge in [0.2, 0.25) is 11.8 Å². The minimum Gasteiger partial charge on any atom is -0.330 e. The smallest absolute Gasteiger partial charge is 0.330 e. The molecule has 0 aliphatic carbocycles. The molecule has 0 aromatic heterocycles. The minimum atomic E-state index is -4.53. The number of carbonyl (C=O) groups excluding carboxylic acids is 2. The average molecular weight is 394 g/mol. The lowest BCUT2D eigenvalue weighted by Crippen LogP contribution is -2.48. The van der Waals surface area contributed by atoms with Crippen LogP contribution in [0.3, 0.4) is 0 Å². The first kappa shape index (κ1) is 22.2. The average Bonchev–Trinajstić information content (AvgIpc) is 2.91. The van der Waals surface area contributed by atoms with E-state index >= 15 is 0 Å². The number of rotatable bonds is 5. The van der Waals surface area contributed by atoms with Crippen LogP contribution in [0.25, 0.3) is 0 Å². The molecule has 1 unspecified atom stereocenters. The van der Waals surface area contributed by atoms with Gasteiger partial charge in [0, 0.05) is 25.2 Å². The van der Waals surface area contributed by atoms with E-state index in [4.69, 9.17) is 5.73 Å². The molecule has 3 N–H and O–H groups in total. The molecule has 1 aliphatic heterocycles. The highest BCUT2D eigenvalue weighted by atomic mass is 35.5. The highest BCUT2D eigenvalue weighted by Gasteiger charge is 2.35. The van der Waals surface area contributed by atoms with Gasteiger partial charge in [-0.1, -0.05) is 13.8 Å². The number of nitrogens with two attached hydrogens (primary N) is 1. The van der Waals surface area contributed by atoms with Gasteiger partial charge in [-0.05, 0) is 36.1 Å². The zero-order valence-electron chi connectivity index (χ0n) is 14.6. The molecule has 1 saturated heterocycles. The Balaban J connectivity index is 0.00000338. The molecule has 1 atom stereocenters. The van der Waals surface area contributed by atoms with Gasteiger partial charge < -0.3 is 16.0 Å². The van der Waals surface area contributed by atoms with E-state index in [0.29, 0.717) is 19.4 Å². The maximum absolute atomic E-state index is 13.0. The van der Waals surface area contributed by atoms with E-state index in [-0.39, 0.29) is 42.0 Å². The van der Waals surface area contributed by atoms with Crippen molar-refractivity contribution in [3.8, 4) is 0 Å². The number of nitrogens with one attached hydrogen (secondary N) is 1. The summed E-state index contributed by atoms with van der Waals surface area (Å²) < 4.78 is 39.0. The molecule has 0 radical (unpaired) electrons. The largest absolute Gasteiger partial charge is 0.416 e. The van der Waals surface area contributed by atoms with E-state index in [9.17, 15) is 22.8 Å². The molecule has 0 saturated carbocycles. The number of nitrogens with zero attached hydrogens (tertiary/aromatic N) is 1. The summed E-state index contributed by atoms with van der Waals surface area (Å²) in [6.07, 6.45) is -3.47. The van der Waals surface area contributed by atoms with Crippen molar-refractivity contribution in [1.29, 1.82) is 0 Å². The Kier molecular flexibility index (Phi) is 7.46. The van der Waals surface area contributed by atoms with Crippen molar-refractivity contribution in [3.05, 3.63) is 29.3 Å². The number of hydrogen-bond acceptors (Lipinski definition) is 3.